The summed E-state index contributed by atoms with van der Waals surface area (Å²) >= 11 is 0. The molecule has 0 aliphatic heterocycles. The largest absolute Gasteiger partial charge is 0.278 e. The van der Waals surface area contributed by atoms with E-state index in [1.165, 1.54) is 89.3 Å². The van der Waals surface area contributed by atoms with Crippen LogP contribution in [0.3, 0.4) is 0 Å². The quantitative estimate of drug-likeness (QED) is 0.215. The lowest BCUT2D eigenvalue weighted by atomic mass is 10.1. The molecule has 2 heteroatoms. The molecule has 0 aliphatic rings. The first-order valence-electron chi connectivity index (χ1n) is 10.2. The number of nitrogens with one attached hydrogen (secondary N) is 1. The maximum Gasteiger partial charge on any atom is 0.278 e. The van der Waals surface area contributed by atoms with Crippen LogP contribution in [0.2, 0.25) is 0 Å². The summed E-state index contributed by atoms with van der Waals surface area (Å²) in [7, 11) is 2.06. The molecule has 1 aromatic heterocycles. The highest BCUT2D eigenvalue weighted by atomic mass is 15.0. The molecule has 1 heterocycles. The van der Waals surface area contributed by atoms with Gasteiger partial charge in [0.25, 0.3) is 5.82 Å². The molecule has 0 bridgehead atoms. The van der Waals surface area contributed by atoms with Crippen molar-refractivity contribution in [2.24, 2.45) is 7.05 Å². The van der Waals surface area contributed by atoms with Crippen molar-refractivity contribution in [2.75, 3.05) is 0 Å². The SMILES string of the molecule is CCCCCCCCCCC=CCCCCC=Cc1[nH]cc[n+]1C. The molecule has 0 saturated carbocycles. The second-order valence-corrected chi connectivity index (χ2v) is 6.88. The standard InChI is InChI=1S/C22H38N2/c1-3-4-5-6-7-8-9-10-11-12-13-14-15-16-17-18-19-22-23-20-21-24(22)2/h12-13,18-21H,3-11,14-17H2,1-2H3/p+1. The van der Waals surface area contributed by atoms with Crippen molar-refractivity contribution >= 4 is 6.08 Å². The van der Waals surface area contributed by atoms with E-state index in [1.54, 1.807) is 0 Å². The van der Waals surface area contributed by atoms with E-state index in [2.05, 4.69) is 47.8 Å². The molecule has 0 spiro atoms. The van der Waals surface area contributed by atoms with E-state index in [0.717, 1.165) is 0 Å². The summed E-state index contributed by atoms with van der Waals surface area (Å²) in [5, 5.41) is 0. The van der Waals surface area contributed by atoms with Gasteiger partial charge in [-0.15, -0.1) is 0 Å². The van der Waals surface area contributed by atoms with Gasteiger partial charge in [0.05, 0.1) is 7.05 Å². The normalized spacial score (nSPS) is 11.9. The third-order valence-electron chi connectivity index (χ3n) is 4.57. The van der Waals surface area contributed by atoms with Crippen LogP contribution in [0.5, 0.6) is 0 Å². The third kappa shape index (κ3) is 11.3. The van der Waals surface area contributed by atoms with Gasteiger partial charge in [0, 0.05) is 6.08 Å². The van der Waals surface area contributed by atoms with Crippen LogP contribution < -0.4 is 4.57 Å². The number of H-pyrrole nitrogens is 1. The second kappa shape index (κ2) is 15.2. The Bertz CT molecular complexity index is 443. The highest BCUT2D eigenvalue weighted by Crippen LogP contribution is 2.10. The van der Waals surface area contributed by atoms with Gasteiger partial charge in [-0.25, -0.2) is 9.55 Å². The van der Waals surface area contributed by atoms with Gasteiger partial charge < -0.3 is 0 Å². The smallest absolute Gasteiger partial charge is 0.244 e. The number of aryl methyl sites for hydroxylation is 1. The monoisotopic (exact) mass is 331 g/mol. The van der Waals surface area contributed by atoms with Gasteiger partial charge in [0.1, 0.15) is 12.4 Å². The Hall–Kier alpha value is -1.31. The number of rotatable bonds is 15. The average molecular weight is 332 g/mol. The van der Waals surface area contributed by atoms with Crippen LogP contribution in [0.4, 0.5) is 0 Å². The summed E-state index contributed by atoms with van der Waals surface area (Å²) in [6, 6.07) is 0. The molecule has 0 unspecified atom stereocenters. The third-order valence-corrected chi connectivity index (χ3v) is 4.57. The van der Waals surface area contributed by atoms with E-state index >= 15 is 0 Å². The zero-order valence-electron chi connectivity index (χ0n) is 16.1. The molecule has 1 aromatic rings. The summed E-state index contributed by atoms with van der Waals surface area (Å²) in [6.07, 6.45) is 30.8. The van der Waals surface area contributed by atoms with Gasteiger partial charge in [-0.05, 0) is 38.5 Å². The van der Waals surface area contributed by atoms with Crippen molar-refractivity contribution in [1.82, 2.24) is 4.98 Å². The number of nitrogens with zero attached hydrogens (tertiary/aromatic N) is 1. The summed E-state index contributed by atoms with van der Waals surface area (Å²) in [4.78, 5) is 3.22. The number of hydrogen-bond donors (Lipinski definition) is 1. The first kappa shape index (κ1) is 20.7. The molecular formula is C22H39N2+. The number of aromatic amines is 1. The topological polar surface area (TPSA) is 19.7 Å². The molecule has 0 amide bonds. The maximum atomic E-state index is 3.22. The second-order valence-electron chi connectivity index (χ2n) is 6.88. The Morgan fingerprint density at radius 3 is 1.92 bits per heavy atom. The zero-order valence-corrected chi connectivity index (χ0v) is 16.1. The van der Waals surface area contributed by atoms with Crippen LogP contribution in [-0.2, 0) is 7.05 Å². The fourth-order valence-electron chi connectivity index (χ4n) is 2.93. The first-order valence-corrected chi connectivity index (χ1v) is 10.2. The number of unbranched alkanes of at least 4 members (excludes halogenated alkanes) is 11. The van der Waals surface area contributed by atoms with Crippen molar-refractivity contribution in [3.05, 3.63) is 36.4 Å². The lowest BCUT2D eigenvalue weighted by Crippen LogP contribution is -2.28. The molecule has 0 aromatic carbocycles. The first-order chi connectivity index (χ1) is 11.8. The van der Waals surface area contributed by atoms with Crippen molar-refractivity contribution in [3.8, 4) is 0 Å². The molecule has 0 saturated heterocycles. The molecule has 24 heavy (non-hydrogen) atoms. The molecular weight excluding hydrogens is 292 g/mol. The molecule has 2 nitrogen and oxygen atoms in total. The molecule has 136 valence electrons. The van der Waals surface area contributed by atoms with Gasteiger partial charge in [0.2, 0.25) is 0 Å². The molecule has 0 aliphatic carbocycles. The van der Waals surface area contributed by atoms with Crippen LogP contribution in [0.25, 0.3) is 6.08 Å². The van der Waals surface area contributed by atoms with Crippen LogP contribution in [0, 0.1) is 0 Å². The highest BCUT2D eigenvalue weighted by Gasteiger charge is 1.99. The summed E-state index contributed by atoms with van der Waals surface area (Å²) in [6.45, 7) is 2.28. The minimum Gasteiger partial charge on any atom is -0.244 e. The van der Waals surface area contributed by atoms with Gasteiger partial charge in [-0.2, -0.15) is 0 Å². The number of aromatic nitrogens is 2. The minimum atomic E-state index is 1.17. The van der Waals surface area contributed by atoms with Crippen LogP contribution in [0.15, 0.2) is 30.6 Å². The predicted octanol–water partition coefficient (Wildman–Crippen LogP) is 6.50. The lowest BCUT2D eigenvalue weighted by Gasteiger charge is -1.99. The molecule has 0 atom stereocenters. The number of hydrogen-bond acceptors (Lipinski definition) is 0. The van der Waals surface area contributed by atoms with E-state index in [0.29, 0.717) is 0 Å². The number of imidazole rings is 1. The molecule has 0 fully saturated rings. The Morgan fingerprint density at radius 1 is 0.792 bits per heavy atom. The lowest BCUT2D eigenvalue weighted by molar-refractivity contribution is -0.671. The Morgan fingerprint density at radius 2 is 1.33 bits per heavy atom. The van der Waals surface area contributed by atoms with Crippen molar-refractivity contribution < 1.29 is 4.57 Å². The maximum absolute atomic E-state index is 3.22. The predicted molar refractivity (Wildman–Crippen MR) is 106 cm³/mol. The minimum absolute atomic E-state index is 1.17. The van der Waals surface area contributed by atoms with Crippen molar-refractivity contribution in [2.45, 2.75) is 90.4 Å². The summed E-state index contributed by atoms with van der Waals surface area (Å²) in [5.74, 6) is 1.17. The average Bonchev–Trinajstić information content (AvgIpc) is 2.99. The fraction of sp³-hybridized carbons (Fsp3) is 0.682. The van der Waals surface area contributed by atoms with Crippen LogP contribution in [0.1, 0.15) is 96.2 Å². The van der Waals surface area contributed by atoms with Crippen LogP contribution in [-0.4, -0.2) is 4.98 Å². The highest BCUT2D eigenvalue weighted by molar-refractivity contribution is 5.35. The Labute approximate surface area is 150 Å². The van der Waals surface area contributed by atoms with E-state index in [-0.39, 0.29) is 0 Å². The van der Waals surface area contributed by atoms with Crippen molar-refractivity contribution in [3.63, 3.8) is 0 Å². The molecule has 1 N–H and O–H groups in total. The molecule has 1 rings (SSSR count). The summed E-state index contributed by atoms with van der Waals surface area (Å²) in [5.41, 5.74) is 0. The Balaban J connectivity index is 1.83. The van der Waals surface area contributed by atoms with E-state index in [1.807, 2.05) is 12.4 Å². The van der Waals surface area contributed by atoms with E-state index in [4.69, 9.17) is 0 Å². The van der Waals surface area contributed by atoms with Crippen LogP contribution >= 0.6 is 0 Å². The fourth-order valence-corrected chi connectivity index (χ4v) is 2.93. The number of allylic oxidation sites excluding steroid dienone is 3. The van der Waals surface area contributed by atoms with Gasteiger partial charge in [-0.1, -0.05) is 70.1 Å². The Kier molecular flexibility index (Phi) is 13.2. The summed E-state index contributed by atoms with van der Waals surface area (Å²) < 4.78 is 2.10. The van der Waals surface area contributed by atoms with Gasteiger partial charge in [0.15, 0.2) is 0 Å². The van der Waals surface area contributed by atoms with Crippen molar-refractivity contribution in [1.29, 1.82) is 0 Å². The van der Waals surface area contributed by atoms with E-state index in [9.17, 15) is 0 Å². The van der Waals surface area contributed by atoms with Gasteiger partial charge in [-0.3, -0.25) is 0 Å². The molecule has 0 radical (unpaired) electrons. The zero-order chi connectivity index (χ0) is 17.3. The van der Waals surface area contributed by atoms with E-state index < -0.39 is 0 Å². The van der Waals surface area contributed by atoms with Gasteiger partial charge >= 0.3 is 0 Å².